The normalized spacial score (nSPS) is 17.0. The van der Waals surface area contributed by atoms with E-state index in [9.17, 15) is 4.79 Å². The van der Waals surface area contributed by atoms with Crippen LogP contribution in [-0.2, 0) is 9.53 Å². The molecule has 1 atom stereocenters. The van der Waals surface area contributed by atoms with E-state index in [-0.39, 0.29) is 11.9 Å². The molecule has 5 nitrogen and oxygen atoms in total. The standard InChI is InChI=1S/C19H22N2O3/c22-19(9-8-16-5-2-1-3-6-16)20-15-17(18-7-4-12-24-18)21-10-13-23-14-11-21/h1-9,12,17H,10-11,13-15H2,(H,20,22)/b9-8+. The van der Waals surface area contributed by atoms with Crippen LogP contribution in [0, 0.1) is 0 Å². The Morgan fingerprint density at radius 3 is 2.67 bits per heavy atom. The van der Waals surface area contributed by atoms with Crippen molar-refractivity contribution in [1.29, 1.82) is 0 Å². The molecule has 1 aliphatic heterocycles. The van der Waals surface area contributed by atoms with E-state index < -0.39 is 0 Å². The predicted molar refractivity (Wildman–Crippen MR) is 92.3 cm³/mol. The zero-order valence-electron chi connectivity index (χ0n) is 13.6. The van der Waals surface area contributed by atoms with E-state index in [1.165, 1.54) is 0 Å². The lowest BCUT2D eigenvalue weighted by atomic mass is 10.1. The fraction of sp³-hybridized carbons (Fsp3) is 0.316. The first-order valence-corrected chi connectivity index (χ1v) is 8.19. The maximum absolute atomic E-state index is 12.1. The van der Waals surface area contributed by atoms with Gasteiger partial charge in [-0.25, -0.2) is 0 Å². The van der Waals surface area contributed by atoms with Gasteiger partial charge in [0.1, 0.15) is 5.76 Å². The van der Waals surface area contributed by atoms with Crippen LogP contribution in [0.3, 0.4) is 0 Å². The highest BCUT2D eigenvalue weighted by Crippen LogP contribution is 2.21. The molecule has 126 valence electrons. The third kappa shape index (κ3) is 4.57. The van der Waals surface area contributed by atoms with Gasteiger partial charge in [0.05, 0.1) is 25.5 Å². The molecule has 1 unspecified atom stereocenters. The average Bonchev–Trinajstić information content (AvgIpc) is 3.16. The van der Waals surface area contributed by atoms with Crippen molar-refractivity contribution in [3.63, 3.8) is 0 Å². The second kappa shape index (κ2) is 8.47. The Labute approximate surface area is 141 Å². The van der Waals surface area contributed by atoms with Gasteiger partial charge in [0.25, 0.3) is 0 Å². The number of hydrogen-bond acceptors (Lipinski definition) is 4. The summed E-state index contributed by atoms with van der Waals surface area (Å²) in [5, 5.41) is 2.97. The number of ether oxygens (including phenoxy) is 1. The highest BCUT2D eigenvalue weighted by atomic mass is 16.5. The van der Waals surface area contributed by atoms with Crippen molar-refractivity contribution in [2.24, 2.45) is 0 Å². The monoisotopic (exact) mass is 326 g/mol. The van der Waals surface area contributed by atoms with Gasteiger partial charge < -0.3 is 14.5 Å². The molecule has 0 aliphatic carbocycles. The Balaban J connectivity index is 1.58. The van der Waals surface area contributed by atoms with Crippen molar-refractivity contribution in [1.82, 2.24) is 10.2 Å². The molecular weight excluding hydrogens is 304 g/mol. The van der Waals surface area contributed by atoms with Gasteiger partial charge in [-0.3, -0.25) is 9.69 Å². The number of benzene rings is 1. The van der Waals surface area contributed by atoms with E-state index in [2.05, 4.69) is 10.2 Å². The summed E-state index contributed by atoms with van der Waals surface area (Å²) in [5.74, 6) is 0.757. The second-order valence-electron chi connectivity index (χ2n) is 5.67. The Morgan fingerprint density at radius 1 is 1.17 bits per heavy atom. The van der Waals surface area contributed by atoms with Crippen LogP contribution in [0.25, 0.3) is 6.08 Å². The van der Waals surface area contributed by atoms with Crippen LogP contribution in [0.1, 0.15) is 17.4 Å². The molecule has 1 aromatic heterocycles. The van der Waals surface area contributed by atoms with Gasteiger partial charge >= 0.3 is 0 Å². The fourth-order valence-corrected chi connectivity index (χ4v) is 2.77. The molecule has 1 amide bonds. The first kappa shape index (κ1) is 16.5. The summed E-state index contributed by atoms with van der Waals surface area (Å²) in [6, 6.07) is 13.6. The molecule has 3 rings (SSSR count). The fourth-order valence-electron chi connectivity index (χ4n) is 2.77. The van der Waals surface area contributed by atoms with Gasteiger partial charge in [0, 0.05) is 25.7 Å². The molecule has 1 saturated heterocycles. The smallest absolute Gasteiger partial charge is 0.244 e. The van der Waals surface area contributed by atoms with Crippen LogP contribution in [0.4, 0.5) is 0 Å². The first-order valence-electron chi connectivity index (χ1n) is 8.19. The zero-order chi connectivity index (χ0) is 16.6. The summed E-state index contributed by atoms with van der Waals surface area (Å²) in [4.78, 5) is 14.4. The number of rotatable bonds is 6. The molecule has 0 spiro atoms. The van der Waals surface area contributed by atoms with E-state index in [0.717, 1.165) is 24.4 Å². The van der Waals surface area contributed by atoms with Crippen LogP contribution in [-0.4, -0.2) is 43.7 Å². The summed E-state index contributed by atoms with van der Waals surface area (Å²) in [5.41, 5.74) is 1.00. The highest BCUT2D eigenvalue weighted by Gasteiger charge is 2.24. The molecular formula is C19H22N2O3. The molecule has 24 heavy (non-hydrogen) atoms. The zero-order valence-corrected chi connectivity index (χ0v) is 13.6. The van der Waals surface area contributed by atoms with E-state index in [1.54, 1.807) is 12.3 Å². The Morgan fingerprint density at radius 2 is 1.96 bits per heavy atom. The topological polar surface area (TPSA) is 54.7 Å². The molecule has 1 aliphatic rings. The van der Waals surface area contributed by atoms with Crippen molar-refractivity contribution in [3.05, 3.63) is 66.1 Å². The number of carbonyl (C=O) groups excluding carboxylic acids is 1. The van der Waals surface area contributed by atoms with Gasteiger partial charge in [0.15, 0.2) is 0 Å². The van der Waals surface area contributed by atoms with Crippen LogP contribution in [0.15, 0.2) is 59.2 Å². The van der Waals surface area contributed by atoms with Gasteiger partial charge in [-0.2, -0.15) is 0 Å². The van der Waals surface area contributed by atoms with Crippen LogP contribution < -0.4 is 5.32 Å². The molecule has 1 aromatic carbocycles. The molecule has 2 heterocycles. The van der Waals surface area contributed by atoms with E-state index in [0.29, 0.717) is 19.8 Å². The number of nitrogens with zero attached hydrogens (tertiary/aromatic N) is 1. The van der Waals surface area contributed by atoms with Crippen LogP contribution >= 0.6 is 0 Å². The number of nitrogens with one attached hydrogen (secondary N) is 1. The first-order chi connectivity index (χ1) is 11.8. The number of hydrogen-bond donors (Lipinski definition) is 1. The maximum Gasteiger partial charge on any atom is 0.244 e. The SMILES string of the molecule is O=C(/C=C/c1ccccc1)NCC(c1ccco1)N1CCOCC1. The van der Waals surface area contributed by atoms with Gasteiger partial charge in [-0.1, -0.05) is 30.3 Å². The van der Waals surface area contributed by atoms with Crippen molar-refractivity contribution >= 4 is 12.0 Å². The lowest BCUT2D eigenvalue weighted by Crippen LogP contribution is -2.43. The summed E-state index contributed by atoms with van der Waals surface area (Å²) in [6.07, 6.45) is 5.04. The van der Waals surface area contributed by atoms with Crippen molar-refractivity contribution in [3.8, 4) is 0 Å². The summed E-state index contributed by atoms with van der Waals surface area (Å²) in [7, 11) is 0. The van der Waals surface area contributed by atoms with E-state index in [4.69, 9.17) is 9.15 Å². The highest BCUT2D eigenvalue weighted by molar-refractivity contribution is 5.91. The van der Waals surface area contributed by atoms with E-state index in [1.807, 2.05) is 48.5 Å². The second-order valence-corrected chi connectivity index (χ2v) is 5.67. The minimum atomic E-state index is -0.108. The average molecular weight is 326 g/mol. The van der Waals surface area contributed by atoms with Gasteiger partial charge in [-0.05, 0) is 23.8 Å². The Bertz CT molecular complexity index is 647. The van der Waals surface area contributed by atoms with Crippen LogP contribution in [0.2, 0.25) is 0 Å². The Hall–Kier alpha value is -2.37. The molecule has 0 saturated carbocycles. The summed E-state index contributed by atoms with van der Waals surface area (Å²) >= 11 is 0. The lowest BCUT2D eigenvalue weighted by molar-refractivity contribution is -0.116. The summed E-state index contributed by atoms with van der Waals surface area (Å²) in [6.45, 7) is 3.59. The number of furan rings is 1. The molecule has 2 aromatic rings. The minimum Gasteiger partial charge on any atom is -0.468 e. The molecule has 1 N–H and O–H groups in total. The van der Waals surface area contributed by atoms with Crippen molar-refractivity contribution < 1.29 is 13.9 Å². The minimum absolute atomic E-state index is 0.0259. The van der Waals surface area contributed by atoms with E-state index >= 15 is 0 Å². The maximum atomic E-state index is 12.1. The number of carbonyl (C=O) groups is 1. The van der Waals surface area contributed by atoms with Crippen LogP contribution in [0.5, 0.6) is 0 Å². The third-order valence-electron chi connectivity index (χ3n) is 4.05. The number of morpholine rings is 1. The number of amides is 1. The predicted octanol–water partition coefficient (Wildman–Crippen LogP) is 2.48. The summed E-state index contributed by atoms with van der Waals surface area (Å²) < 4.78 is 11.0. The quantitative estimate of drug-likeness (QED) is 0.829. The van der Waals surface area contributed by atoms with Crippen molar-refractivity contribution in [2.75, 3.05) is 32.8 Å². The third-order valence-corrected chi connectivity index (χ3v) is 4.05. The largest absolute Gasteiger partial charge is 0.468 e. The molecule has 5 heteroatoms. The van der Waals surface area contributed by atoms with Crippen molar-refractivity contribution in [2.45, 2.75) is 6.04 Å². The lowest BCUT2D eigenvalue weighted by Gasteiger charge is -2.33. The molecule has 1 fully saturated rings. The molecule has 0 radical (unpaired) electrons. The van der Waals surface area contributed by atoms with Gasteiger partial charge in [0.2, 0.25) is 5.91 Å². The van der Waals surface area contributed by atoms with Gasteiger partial charge in [-0.15, -0.1) is 0 Å². The Kier molecular flexibility index (Phi) is 5.82. The molecule has 0 bridgehead atoms.